The zero-order valence-electron chi connectivity index (χ0n) is 15.4. The van der Waals surface area contributed by atoms with E-state index in [0.29, 0.717) is 11.2 Å². The van der Waals surface area contributed by atoms with Crippen molar-refractivity contribution in [2.24, 2.45) is 0 Å². The van der Waals surface area contributed by atoms with E-state index in [1.807, 2.05) is 0 Å². The van der Waals surface area contributed by atoms with Crippen LogP contribution in [0.2, 0.25) is 5.02 Å². The lowest BCUT2D eigenvalue weighted by Crippen LogP contribution is -2.52. The van der Waals surface area contributed by atoms with E-state index >= 15 is 0 Å². The van der Waals surface area contributed by atoms with E-state index in [1.165, 1.54) is 42.5 Å². The first-order chi connectivity index (χ1) is 14.1. The molecule has 0 radical (unpaired) electrons. The van der Waals surface area contributed by atoms with Crippen LogP contribution in [-0.4, -0.2) is 57.9 Å². The van der Waals surface area contributed by atoms with Crippen LogP contribution in [0.1, 0.15) is 10.4 Å². The highest BCUT2D eigenvalue weighted by Gasteiger charge is 2.43. The number of piperazine rings is 1. The minimum atomic E-state index is -4.96. The predicted octanol–water partition coefficient (Wildman–Crippen LogP) is 3.20. The topological polar surface area (TPSA) is 74.8 Å². The first kappa shape index (κ1) is 22.1. The molecule has 0 aromatic heterocycles. The van der Waals surface area contributed by atoms with Crippen molar-refractivity contribution in [1.82, 2.24) is 4.90 Å². The van der Waals surface area contributed by atoms with Gasteiger partial charge in [-0.3, -0.25) is 9.59 Å². The fourth-order valence-electron chi connectivity index (χ4n) is 3.25. The maximum atomic E-state index is 13.0. The zero-order chi connectivity index (χ0) is 22.1. The minimum absolute atomic E-state index is 0.0172. The summed E-state index contributed by atoms with van der Waals surface area (Å²) in [6.45, 7) is -0.378. The molecule has 0 bridgehead atoms. The van der Waals surface area contributed by atoms with Gasteiger partial charge in [-0.2, -0.15) is 13.2 Å². The van der Waals surface area contributed by atoms with Gasteiger partial charge in [0.1, 0.15) is 0 Å². The van der Waals surface area contributed by atoms with Crippen molar-refractivity contribution in [2.75, 3.05) is 31.1 Å². The molecule has 1 aliphatic heterocycles. The summed E-state index contributed by atoms with van der Waals surface area (Å²) in [6.07, 6.45) is -4.55. The normalized spacial score (nSPS) is 15.2. The maximum absolute atomic E-state index is 13.0. The van der Waals surface area contributed by atoms with E-state index in [-0.39, 0.29) is 52.2 Å². The second-order valence-electron chi connectivity index (χ2n) is 6.54. The molecule has 2 aromatic rings. The highest BCUT2D eigenvalue weighted by atomic mass is 35.5. The Morgan fingerprint density at radius 1 is 1.03 bits per heavy atom. The van der Waals surface area contributed by atoms with Crippen LogP contribution in [0.15, 0.2) is 52.3 Å². The summed E-state index contributed by atoms with van der Waals surface area (Å²) in [5.74, 6) is -1.92. The molecule has 160 valence electrons. The number of carbonyl (C=O) groups is 2. The summed E-state index contributed by atoms with van der Waals surface area (Å²) in [6, 6.07) is 9.85. The van der Waals surface area contributed by atoms with Crippen LogP contribution in [0.4, 0.5) is 18.9 Å². The Kier molecular flexibility index (Phi) is 6.09. The van der Waals surface area contributed by atoms with Gasteiger partial charge in [0.25, 0.3) is 0 Å². The number of carbonyl (C=O) groups excluding carboxylic acids is 2. The number of hydrogen-bond acceptors (Lipinski definition) is 5. The number of benzene rings is 2. The minimum Gasteiger partial charge on any atom is -0.367 e. The number of hydrogen-bond donors (Lipinski definition) is 0. The third-order valence-corrected chi connectivity index (χ3v) is 6.75. The molecule has 1 aliphatic rings. The lowest BCUT2D eigenvalue weighted by molar-refractivity contribution is -0.185. The lowest BCUT2D eigenvalue weighted by Gasteiger charge is -2.37. The Balaban J connectivity index is 1.92. The first-order valence-corrected chi connectivity index (χ1v) is 10.6. The number of nitrogens with zero attached hydrogens (tertiary/aromatic N) is 2. The number of rotatable bonds is 4. The van der Waals surface area contributed by atoms with E-state index in [4.69, 9.17) is 11.6 Å². The summed E-state index contributed by atoms with van der Waals surface area (Å²) in [4.78, 5) is 25.2. The van der Waals surface area contributed by atoms with Gasteiger partial charge in [0, 0.05) is 36.9 Å². The molecular formula is C19H16ClF3N2O4S. The van der Waals surface area contributed by atoms with E-state index in [9.17, 15) is 31.2 Å². The average Bonchev–Trinajstić information content (AvgIpc) is 2.72. The van der Waals surface area contributed by atoms with E-state index in [1.54, 1.807) is 4.90 Å². The SMILES string of the molecule is O=Cc1c(N2CCN(C(=O)C(F)(F)F)CC2)cccc1S(=O)(=O)c1cccc(Cl)c1. The highest BCUT2D eigenvalue weighted by molar-refractivity contribution is 7.91. The van der Waals surface area contributed by atoms with Crippen molar-refractivity contribution in [3.8, 4) is 0 Å². The summed E-state index contributed by atoms with van der Waals surface area (Å²) < 4.78 is 63.9. The van der Waals surface area contributed by atoms with Crippen molar-refractivity contribution in [2.45, 2.75) is 16.0 Å². The highest BCUT2D eigenvalue weighted by Crippen LogP contribution is 2.31. The molecule has 1 fully saturated rings. The smallest absolute Gasteiger partial charge is 0.367 e. The second-order valence-corrected chi connectivity index (χ2v) is 8.90. The van der Waals surface area contributed by atoms with E-state index in [0.717, 1.165) is 0 Å². The van der Waals surface area contributed by atoms with E-state index in [2.05, 4.69) is 0 Å². The molecule has 11 heteroatoms. The first-order valence-electron chi connectivity index (χ1n) is 8.75. The van der Waals surface area contributed by atoms with Crippen LogP contribution in [-0.2, 0) is 14.6 Å². The average molecular weight is 461 g/mol. The zero-order valence-corrected chi connectivity index (χ0v) is 17.0. The Morgan fingerprint density at radius 2 is 1.67 bits per heavy atom. The third kappa shape index (κ3) is 4.29. The number of amides is 1. The van der Waals surface area contributed by atoms with Gasteiger partial charge in [-0.1, -0.05) is 23.7 Å². The molecule has 0 unspecified atom stereocenters. The van der Waals surface area contributed by atoms with Gasteiger partial charge < -0.3 is 9.80 Å². The standard InChI is InChI=1S/C19H16ClF3N2O4S/c20-13-3-1-4-14(11-13)30(28,29)17-6-2-5-16(15(17)12-26)24-7-9-25(10-8-24)18(27)19(21,22)23/h1-6,11-12H,7-10H2. The molecular weight excluding hydrogens is 445 g/mol. The van der Waals surface area contributed by atoms with Gasteiger partial charge in [-0.25, -0.2) is 8.42 Å². The maximum Gasteiger partial charge on any atom is 0.471 e. The molecule has 0 N–H and O–H groups in total. The molecule has 0 aliphatic carbocycles. The molecule has 0 saturated carbocycles. The fourth-order valence-corrected chi connectivity index (χ4v) is 5.00. The van der Waals surface area contributed by atoms with Gasteiger partial charge in [0.2, 0.25) is 9.84 Å². The van der Waals surface area contributed by atoms with E-state index < -0.39 is 21.9 Å². The summed E-state index contributed by atoms with van der Waals surface area (Å²) in [7, 11) is -4.06. The van der Waals surface area contributed by atoms with Crippen LogP contribution >= 0.6 is 11.6 Å². The number of halogens is 4. The molecule has 0 atom stereocenters. The second kappa shape index (κ2) is 8.27. The van der Waals surface area contributed by atoms with Crippen LogP contribution < -0.4 is 4.90 Å². The summed E-state index contributed by atoms with van der Waals surface area (Å²) in [5.41, 5.74) is 0.167. The molecule has 1 saturated heterocycles. The van der Waals surface area contributed by atoms with Crippen molar-refractivity contribution >= 4 is 39.3 Å². The third-order valence-electron chi connectivity index (χ3n) is 4.71. The summed E-state index contributed by atoms with van der Waals surface area (Å²) >= 11 is 5.88. The van der Waals surface area contributed by atoms with Crippen LogP contribution in [0.3, 0.4) is 0 Å². The number of aldehydes is 1. The monoisotopic (exact) mass is 460 g/mol. The quantitative estimate of drug-likeness (QED) is 0.655. The molecule has 6 nitrogen and oxygen atoms in total. The van der Waals surface area contributed by atoms with Crippen LogP contribution in [0, 0.1) is 0 Å². The van der Waals surface area contributed by atoms with Gasteiger partial charge in [-0.05, 0) is 30.3 Å². The van der Waals surface area contributed by atoms with Crippen LogP contribution in [0.25, 0.3) is 0 Å². The molecule has 30 heavy (non-hydrogen) atoms. The lowest BCUT2D eigenvalue weighted by atomic mass is 10.1. The van der Waals surface area contributed by atoms with Gasteiger partial charge in [-0.15, -0.1) is 0 Å². The van der Waals surface area contributed by atoms with Crippen molar-refractivity contribution < 1.29 is 31.2 Å². The Morgan fingerprint density at radius 3 is 2.23 bits per heavy atom. The number of alkyl halides is 3. The molecule has 3 rings (SSSR count). The van der Waals surface area contributed by atoms with Crippen LogP contribution in [0.5, 0.6) is 0 Å². The Hall–Kier alpha value is -2.59. The Labute approximate surface area is 175 Å². The van der Waals surface area contributed by atoms with Gasteiger partial charge in [0.15, 0.2) is 6.29 Å². The number of anilines is 1. The van der Waals surface area contributed by atoms with Crippen molar-refractivity contribution in [1.29, 1.82) is 0 Å². The molecule has 1 amide bonds. The largest absolute Gasteiger partial charge is 0.471 e. The van der Waals surface area contributed by atoms with Crippen molar-refractivity contribution in [3.05, 3.63) is 53.1 Å². The number of sulfone groups is 1. The molecule has 1 heterocycles. The van der Waals surface area contributed by atoms with Gasteiger partial charge >= 0.3 is 12.1 Å². The summed E-state index contributed by atoms with van der Waals surface area (Å²) in [5, 5.41) is 0.213. The van der Waals surface area contributed by atoms with Gasteiger partial charge in [0.05, 0.1) is 15.4 Å². The van der Waals surface area contributed by atoms with Crippen molar-refractivity contribution in [3.63, 3.8) is 0 Å². The molecule has 2 aromatic carbocycles. The molecule has 0 spiro atoms. The fraction of sp³-hybridized carbons (Fsp3) is 0.263. The predicted molar refractivity (Wildman–Crippen MR) is 104 cm³/mol. The Bertz CT molecular complexity index is 1080.